The van der Waals surface area contributed by atoms with Gasteiger partial charge in [-0.05, 0) is 37.0 Å². The molecular weight excluding hydrogens is 317 g/mol. The number of aryl methyl sites for hydroxylation is 1. The van der Waals surface area contributed by atoms with Crippen molar-refractivity contribution in [2.75, 3.05) is 18.0 Å². The van der Waals surface area contributed by atoms with Crippen molar-refractivity contribution in [1.82, 2.24) is 9.97 Å². The molecular formula is C17H19ClFN3O. The first-order valence-corrected chi connectivity index (χ1v) is 8.14. The van der Waals surface area contributed by atoms with Gasteiger partial charge in [0.1, 0.15) is 6.33 Å². The second kappa shape index (κ2) is 6.42. The van der Waals surface area contributed by atoms with Crippen LogP contribution in [-0.2, 0) is 12.0 Å². The molecule has 1 fully saturated rings. The number of aromatic nitrogens is 2. The number of halogens is 2. The first-order chi connectivity index (χ1) is 11.0. The number of piperidine rings is 1. The second-order valence-electron chi connectivity index (χ2n) is 5.84. The molecule has 0 bridgehead atoms. The molecule has 0 atom stereocenters. The van der Waals surface area contributed by atoms with Gasteiger partial charge < -0.3 is 10.0 Å². The van der Waals surface area contributed by atoms with E-state index in [0.29, 0.717) is 48.9 Å². The van der Waals surface area contributed by atoms with Crippen molar-refractivity contribution >= 4 is 17.4 Å². The zero-order valence-electron chi connectivity index (χ0n) is 13.0. The Morgan fingerprint density at radius 2 is 1.87 bits per heavy atom. The van der Waals surface area contributed by atoms with Crippen LogP contribution in [0.5, 0.6) is 0 Å². The van der Waals surface area contributed by atoms with Gasteiger partial charge >= 0.3 is 0 Å². The maximum absolute atomic E-state index is 14.4. The summed E-state index contributed by atoms with van der Waals surface area (Å²) < 4.78 is 14.4. The summed E-state index contributed by atoms with van der Waals surface area (Å²) in [5.41, 5.74) is 0.366. The number of rotatable bonds is 3. The molecule has 2 heterocycles. The summed E-state index contributed by atoms with van der Waals surface area (Å²) in [6, 6.07) is 7.24. The monoisotopic (exact) mass is 335 g/mol. The predicted molar refractivity (Wildman–Crippen MR) is 88.2 cm³/mol. The fraction of sp³-hybridized carbons (Fsp3) is 0.412. The minimum absolute atomic E-state index is 0.329. The molecule has 0 saturated carbocycles. The second-order valence-corrected chi connectivity index (χ2v) is 6.27. The van der Waals surface area contributed by atoms with E-state index in [1.165, 1.54) is 6.33 Å². The average molecular weight is 336 g/mol. The Labute approximate surface area is 139 Å². The lowest BCUT2D eigenvalue weighted by atomic mass is 9.84. The van der Waals surface area contributed by atoms with Crippen LogP contribution in [0.3, 0.4) is 0 Å². The maximum Gasteiger partial charge on any atom is 0.187 e. The van der Waals surface area contributed by atoms with Gasteiger partial charge in [-0.15, -0.1) is 0 Å². The summed E-state index contributed by atoms with van der Waals surface area (Å²) >= 11 is 5.90. The predicted octanol–water partition coefficient (Wildman–Crippen LogP) is 3.32. The molecule has 0 aliphatic carbocycles. The lowest BCUT2D eigenvalue weighted by Gasteiger charge is -2.39. The van der Waals surface area contributed by atoms with Crippen molar-refractivity contribution in [3.05, 3.63) is 52.7 Å². The number of hydrogen-bond donors (Lipinski definition) is 1. The Morgan fingerprint density at radius 3 is 2.48 bits per heavy atom. The van der Waals surface area contributed by atoms with Gasteiger partial charge in [0.2, 0.25) is 0 Å². The van der Waals surface area contributed by atoms with Crippen molar-refractivity contribution < 1.29 is 9.50 Å². The van der Waals surface area contributed by atoms with Crippen molar-refractivity contribution in [3.63, 3.8) is 0 Å². The van der Waals surface area contributed by atoms with Crippen LogP contribution < -0.4 is 4.90 Å². The molecule has 1 aliphatic rings. The Bertz CT molecular complexity index is 685. The van der Waals surface area contributed by atoms with Crippen LogP contribution in [0.25, 0.3) is 0 Å². The third kappa shape index (κ3) is 3.16. The molecule has 6 heteroatoms. The van der Waals surface area contributed by atoms with E-state index < -0.39 is 5.60 Å². The molecule has 0 spiro atoms. The van der Waals surface area contributed by atoms with E-state index in [4.69, 9.17) is 11.6 Å². The van der Waals surface area contributed by atoms with Gasteiger partial charge in [-0.3, -0.25) is 0 Å². The number of hydrogen-bond acceptors (Lipinski definition) is 4. The van der Waals surface area contributed by atoms with E-state index in [9.17, 15) is 9.50 Å². The van der Waals surface area contributed by atoms with Crippen LogP contribution in [0.1, 0.15) is 31.0 Å². The molecule has 23 heavy (non-hydrogen) atoms. The SMILES string of the molecule is CCc1ncnc(N2CCC(O)(c3ccc(Cl)cc3)CC2)c1F. The van der Waals surface area contributed by atoms with Crippen molar-refractivity contribution in [1.29, 1.82) is 0 Å². The van der Waals surface area contributed by atoms with E-state index in [0.717, 1.165) is 5.56 Å². The van der Waals surface area contributed by atoms with Crippen molar-refractivity contribution in [2.45, 2.75) is 31.8 Å². The molecule has 4 nitrogen and oxygen atoms in total. The summed E-state index contributed by atoms with van der Waals surface area (Å²) in [7, 11) is 0. The quantitative estimate of drug-likeness (QED) is 0.934. The van der Waals surface area contributed by atoms with Gasteiger partial charge in [0.05, 0.1) is 11.3 Å². The molecule has 2 aromatic rings. The van der Waals surface area contributed by atoms with Gasteiger partial charge in [-0.25, -0.2) is 14.4 Å². The molecule has 1 aromatic carbocycles. The maximum atomic E-state index is 14.4. The minimum atomic E-state index is -0.905. The fourth-order valence-electron chi connectivity index (χ4n) is 3.00. The summed E-state index contributed by atoms with van der Waals surface area (Å²) in [5.74, 6) is -0.0260. The fourth-order valence-corrected chi connectivity index (χ4v) is 3.13. The van der Waals surface area contributed by atoms with Gasteiger partial charge in [-0.1, -0.05) is 30.7 Å². The van der Waals surface area contributed by atoms with Gasteiger partial charge in [0, 0.05) is 18.1 Å². The lowest BCUT2D eigenvalue weighted by molar-refractivity contribution is 0.0115. The van der Waals surface area contributed by atoms with E-state index in [1.54, 1.807) is 12.1 Å². The van der Waals surface area contributed by atoms with Crippen LogP contribution in [0, 0.1) is 5.82 Å². The van der Waals surface area contributed by atoms with Crippen LogP contribution >= 0.6 is 11.6 Å². The molecule has 1 aromatic heterocycles. The van der Waals surface area contributed by atoms with Crippen molar-refractivity contribution in [2.24, 2.45) is 0 Å². The zero-order chi connectivity index (χ0) is 16.4. The summed E-state index contributed by atoms with van der Waals surface area (Å²) in [6.07, 6.45) is 2.96. The third-order valence-electron chi connectivity index (χ3n) is 4.45. The first-order valence-electron chi connectivity index (χ1n) is 7.76. The number of benzene rings is 1. The van der Waals surface area contributed by atoms with Gasteiger partial charge in [0.25, 0.3) is 0 Å². The summed E-state index contributed by atoms with van der Waals surface area (Å²) in [6.45, 7) is 2.94. The topological polar surface area (TPSA) is 49.2 Å². The van der Waals surface area contributed by atoms with Crippen LogP contribution in [0.4, 0.5) is 10.2 Å². The Kier molecular flexibility index (Phi) is 4.50. The Hall–Kier alpha value is -1.72. The Morgan fingerprint density at radius 1 is 1.22 bits per heavy atom. The van der Waals surface area contributed by atoms with Crippen LogP contribution in [0.2, 0.25) is 5.02 Å². The highest BCUT2D eigenvalue weighted by Crippen LogP contribution is 2.35. The largest absolute Gasteiger partial charge is 0.385 e. The van der Waals surface area contributed by atoms with Crippen LogP contribution in [-0.4, -0.2) is 28.2 Å². The average Bonchev–Trinajstić information content (AvgIpc) is 2.57. The lowest BCUT2D eigenvalue weighted by Crippen LogP contribution is -2.43. The smallest absolute Gasteiger partial charge is 0.187 e. The molecule has 0 radical (unpaired) electrons. The van der Waals surface area contributed by atoms with E-state index in [1.807, 2.05) is 24.0 Å². The number of aliphatic hydroxyl groups is 1. The highest BCUT2D eigenvalue weighted by molar-refractivity contribution is 6.30. The number of anilines is 1. The standard InChI is InChI=1S/C17H19ClFN3O/c1-2-14-15(19)16(21-11-20-14)22-9-7-17(23,8-10-22)12-3-5-13(18)6-4-12/h3-6,11,23H,2,7-10H2,1H3. The van der Waals surface area contributed by atoms with Crippen LogP contribution in [0.15, 0.2) is 30.6 Å². The number of nitrogens with zero attached hydrogens (tertiary/aromatic N) is 3. The summed E-state index contributed by atoms with van der Waals surface area (Å²) in [4.78, 5) is 9.92. The molecule has 1 N–H and O–H groups in total. The normalized spacial score (nSPS) is 17.3. The third-order valence-corrected chi connectivity index (χ3v) is 4.70. The highest BCUT2D eigenvalue weighted by Gasteiger charge is 2.35. The molecule has 1 aliphatic heterocycles. The summed E-state index contributed by atoms with van der Waals surface area (Å²) in [5, 5.41) is 11.5. The molecule has 122 valence electrons. The Balaban J connectivity index is 1.77. The van der Waals surface area contributed by atoms with E-state index >= 15 is 0 Å². The van der Waals surface area contributed by atoms with Gasteiger partial charge in [-0.2, -0.15) is 0 Å². The van der Waals surface area contributed by atoms with E-state index in [2.05, 4.69) is 9.97 Å². The molecule has 1 saturated heterocycles. The zero-order valence-corrected chi connectivity index (χ0v) is 13.7. The highest BCUT2D eigenvalue weighted by atomic mass is 35.5. The first kappa shape index (κ1) is 16.1. The van der Waals surface area contributed by atoms with Crippen molar-refractivity contribution in [3.8, 4) is 0 Å². The molecule has 3 rings (SSSR count). The molecule has 0 unspecified atom stereocenters. The van der Waals surface area contributed by atoms with Gasteiger partial charge in [0.15, 0.2) is 11.6 Å². The van der Waals surface area contributed by atoms with E-state index in [-0.39, 0.29) is 5.82 Å². The minimum Gasteiger partial charge on any atom is -0.385 e. The molecule has 0 amide bonds.